The molecule has 19 heavy (non-hydrogen) atoms. The molecule has 3 nitrogen and oxygen atoms in total. The second-order valence-corrected chi connectivity index (χ2v) is 4.94. The number of carbonyl (C=O) groups excluding carboxylic acids is 1. The molecule has 0 saturated carbocycles. The molecule has 0 saturated heterocycles. The zero-order valence-corrected chi connectivity index (χ0v) is 12.6. The fraction of sp³-hybridized carbons (Fsp3) is 0.462. The SMILES string of the molecule is CCN(CC)C(=O)C(C)Nc1cc(Cl)c(F)c(Cl)c1. The molecule has 6 heteroatoms. The van der Waals surface area contributed by atoms with Crippen molar-refractivity contribution in [1.29, 1.82) is 0 Å². The standard InChI is InChI=1S/C13H17Cl2FN2O/c1-4-18(5-2)13(19)8(3)17-9-6-10(14)12(16)11(15)7-9/h6-8,17H,4-5H2,1-3H3. The lowest BCUT2D eigenvalue weighted by Gasteiger charge is -2.24. The summed E-state index contributed by atoms with van der Waals surface area (Å²) in [5.74, 6) is -0.682. The van der Waals surface area contributed by atoms with Crippen LogP contribution in [0.3, 0.4) is 0 Å². The third-order valence-corrected chi connectivity index (χ3v) is 3.36. The molecule has 0 aliphatic heterocycles. The third kappa shape index (κ3) is 3.98. The van der Waals surface area contributed by atoms with Crippen LogP contribution in [0.2, 0.25) is 10.0 Å². The molecule has 1 amide bonds. The minimum atomic E-state index is -0.656. The summed E-state index contributed by atoms with van der Waals surface area (Å²) in [6.45, 7) is 6.86. The van der Waals surface area contributed by atoms with E-state index >= 15 is 0 Å². The van der Waals surface area contributed by atoms with Crippen LogP contribution < -0.4 is 5.32 Å². The summed E-state index contributed by atoms with van der Waals surface area (Å²) in [7, 11) is 0. The topological polar surface area (TPSA) is 32.3 Å². The minimum absolute atomic E-state index is 0.0263. The van der Waals surface area contributed by atoms with Crippen molar-refractivity contribution in [2.45, 2.75) is 26.8 Å². The monoisotopic (exact) mass is 306 g/mol. The number of amides is 1. The van der Waals surface area contributed by atoms with Crippen LogP contribution >= 0.6 is 23.2 Å². The van der Waals surface area contributed by atoms with Gasteiger partial charge in [-0.25, -0.2) is 4.39 Å². The zero-order chi connectivity index (χ0) is 14.6. The molecule has 1 rings (SSSR count). The number of nitrogens with one attached hydrogen (secondary N) is 1. The first-order valence-electron chi connectivity index (χ1n) is 6.10. The van der Waals surface area contributed by atoms with Gasteiger partial charge in [0.2, 0.25) is 5.91 Å². The van der Waals surface area contributed by atoms with Gasteiger partial charge in [-0.15, -0.1) is 0 Å². The van der Waals surface area contributed by atoms with Gasteiger partial charge in [-0.05, 0) is 32.9 Å². The van der Waals surface area contributed by atoms with Gasteiger partial charge >= 0.3 is 0 Å². The Morgan fingerprint density at radius 3 is 2.21 bits per heavy atom. The first-order chi connectivity index (χ1) is 8.90. The molecule has 1 aromatic carbocycles. The van der Waals surface area contributed by atoms with Gasteiger partial charge < -0.3 is 10.2 Å². The van der Waals surface area contributed by atoms with Crippen molar-refractivity contribution < 1.29 is 9.18 Å². The molecule has 1 unspecified atom stereocenters. The molecule has 0 bridgehead atoms. The molecule has 106 valence electrons. The minimum Gasteiger partial charge on any atom is -0.374 e. The smallest absolute Gasteiger partial charge is 0.244 e. The summed E-state index contributed by atoms with van der Waals surface area (Å²) in [4.78, 5) is 13.8. The maximum Gasteiger partial charge on any atom is 0.244 e. The van der Waals surface area contributed by atoms with Gasteiger partial charge in [-0.2, -0.15) is 0 Å². The molecular formula is C13H17Cl2FN2O. The number of nitrogens with zero attached hydrogens (tertiary/aromatic N) is 1. The van der Waals surface area contributed by atoms with Crippen molar-refractivity contribution in [3.63, 3.8) is 0 Å². The molecule has 0 aromatic heterocycles. The predicted octanol–water partition coefficient (Wildman–Crippen LogP) is 3.80. The summed E-state index contributed by atoms with van der Waals surface area (Å²) in [5, 5.41) is 2.83. The molecule has 1 aromatic rings. The quantitative estimate of drug-likeness (QED) is 0.839. The van der Waals surface area contributed by atoms with E-state index in [1.54, 1.807) is 11.8 Å². The van der Waals surface area contributed by atoms with E-state index in [0.29, 0.717) is 18.8 Å². The molecular weight excluding hydrogens is 290 g/mol. The van der Waals surface area contributed by atoms with E-state index in [4.69, 9.17) is 23.2 Å². The first-order valence-corrected chi connectivity index (χ1v) is 6.86. The number of halogens is 3. The Hall–Kier alpha value is -1.00. The number of carbonyl (C=O) groups is 1. The van der Waals surface area contributed by atoms with Gasteiger partial charge in [0, 0.05) is 18.8 Å². The first kappa shape index (κ1) is 16.1. The van der Waals surface area contributed by atoms with Gasteiger partial charge in [0.25, 0.3) is 0 Å². The zero-order valence-electron chi connectivity index (χ0n) is 11.1. The molecule has 1 N–H and O–H groups in total. The van der Waals surface area contributed by atoms with Crippen LogP contribution in [-0.2, 0) is 4.79 Å². The normalized spacial score (nSPS) is 12.1. The number of rotatable bonds is 5. The van der Waals surface area contributed by atoms with Gasteiger partial charge in [0.15, 0.2) is 5.82 Å². The molecule has 1 atom stereocenters. The summed E-state index contributed by atoms with van der Waals surface area (Å²) in [6, 6.07) is 2.39. The predicted molar refractivity (Wildman–Crippen MR) is 77.4 cm³/mol. The Kier molecular flexibility index (Phi) is 5.88. The van der Waals surface area contributed by atoms with Crippen LogP contribution in [0.1, 0.15) is 20.8 Å². The fourth-order valence-electron chi connectivity index (χ4n) is 1.76. The highest BCUT2D eigenvalue weighted by Crippen LogP contribution is 2.27. The van der Waals surface area contributed by atoms with E-state index in [1.807, 2.05) is 13.8 Å². The van der Waals surface area contributed by atoms with Crippen LogP contribution in [0.25, 0.3) is 0 Å². The van der Waals surface area contributed by atoms with Crippen molar-refractivity contribution in [3.8, 4) is 0 Å². The number of likely N-dealkylation sites (N-methyl/N-ethyl adjacent to an activating group) is 1. The van der Waals surface area contributed by atoms with Crippen LogP contribution in [0.5, 0.6) is 0 Å². The summed E-state index contributed by atoms with van der Waals surface area (Å²) < 4.78 is 13.3. The second-order valence-electron chi connectivity index (χ2n) is 4.13. The fourth-order valence-corrected chi connectivity index (χ4v) is 2.25. The third-order valence-electron chi connectivity index (χ3n) is 2.81. The summed E-state index contributed by atoms with van der Waals surface area (Å²) in [6.07, 6.45) is 0. The van der Waals surface area contributed by atoms with Gasteiger partial charge in [0.1, 0.15) is 6.04 Å². The van der Waals surface area contributed by atoms with E-state index in [1.165, 1.54) is 12.1 Å². The molecule has 0 aliphatic rings. The van der Waals surface area contributed by atoms with Crippen LogP contribution in [0, 0.1) is 5.82 Å². The highest BCUT2D eigenvalue weighted by Gasteiger charge is 2.18. The lowest BCUT2D eigenvalue weighted by Crippen LogP contribution is -2.41. The Labute approximate surface area is 122 Å². The molecule has 0 heterocycles. The van der Waals surface area contributed by atoms with Crippen LogP contribution in [0.15, 0.2) is 12.1 Å². The van der Waals surface area contributed by atoms with Gasteiger partial charge in [0.05, 0.1) is 10.0 Å². The van der Waals surface area contributed by atoms with E-state index in [-0.39, 0.29) is 16.0 Å². The van der Waals surface area contributed by atoms with Crippen LogP contribution in [-0.4, -0.2) is 29.9 Å². The number of anilines is 1. The molecule has 0 aliphatic carbocycles. The Balaban J connectivity index is 2.82. The van der Waals surface area contributed by atoms with Crippen molar-refractivity contribution in [2.75, 3.05) is 18.4 Å². The number of hydrogen-bond donors (Lipinski definition) is 1. The summed E-state index contributed by atoms with van der Waals surface area (Å²) >= 11 is 11.4. The maximum atomic E-state index is 13.3. The van der Waals surface area contributed by atoms with Gasteiger partial charge in [-0.3, -0.25) is 4.79 Å². The van der Waals surface area contributed by atoms with Crippen molar-refractivity contribution >= 4 is 34.8 Å². The Bertz CT molecular complexity index is 441. The van der Waals surface area contributed by atoms with Crippen molar-refractivity contribution in [3.05, 3.63) is 28.0 Å². The maximum absolute atomic E-state index is 13.3. The Morgan fingerprint density at radius 2 is 1.79 bits per heavy atom. The van der Waals surface area contributed by atoms with E-state index in [2.05, 4.69) is 5.32 Å². The highest BCUT2D eigenvalue weighted by molar-refractivity contribution is 6.35. The average Bonchev–Trinajstić information content (AvgIpc) is 2.37. The summed E-state index contributed by atoms with van der Waals surface area (Å²) in [5.41, 5.74) is 0.518. The highest BCUT2D eigenvalue weighted by atomic mass is 35.5. The van der Waals surface area contributed by atoms with E-state index in [9.17, 15) is 9.18 Å². The van der Waals surface area contributed by atoms with E-state index < -0.39 is 11.9 Å². The average molecular weight is 307 g/mol. The van der Waals surface area contributed by atoms with Crippen molar-refractivity contribution in [1.82, 2.24) is 4.90 Å². The Morgan fingerprint density at radius 1 is 1.32 bits per heavy atom. The lowest BCUT2D eigenvalue weighted by molar-refractivity contribution is -0.131. The largest absolute Gasteiger partial charge is 0.374 e. The number of benzene rings is 1. The lowest BCUT2D eigenvalue weighted by atomic mass is 10.2. The number of hydrogen-bond acceptors (Lipinski definition) is 2. The molecule has 0 radical (unpaired) electrons. The van der Waals surface area contributed by atoms with Gasteiger partial charge in [-0.1, -0.05) is 23.2 Å². The van der Waals surface area contributed by atoms with E-state index in [0.717, 1.165) is 0 Å². The van der Waals surface area contributed by atoms with Crippen molar-refractivity contribution in [2.24, 2.45) is 0 Å². The molecule has 0 spiro atoms. The van der Waals surface area contributed by atoms with Crippen LogP contribution in [0.4, 0.5) is 10.1 Å². The molecule has 0 fully saturated rings. The second kappa shape index (κ2) is 6.96.